The molecule has 0 aliphatic heterocycles. The van der Waals surface area contributed by atoms with Gasteiger partial charge in [0, 0.05) is 18.3 Å². The van der Waals surface area contributed by atoms with Gasteiger partial charge in [0.15, 0.2) is 5.78 Å². The highest BCUT2D eigenvalue weighted by molar-refractivity contribution is 5.93. The van der Waals surface area contributed by atoms with Crippen molar-refractivity contribution in [3.05, 3.63) is 23.8 Å². The van der Waals surface area contributed by atoms with Gasteiger partial charge in [-0.1, -0.05) is 32.9 Å². The fourth-order valence-corrected chi connectivity index (χ4v) is 6.69. The molecule has 4 aliphatic carbocycles. The van der Waals surface area contributed by atoms with Gasteiger partial charge in [0.05, 0.1) is 0 Å². The van der Waals surface area contributed by atoms with Crippen molar-refractivity contribution in [1.29, 1.82) is 0 Å². The third kappa shape index (κ3) is 1.81. The van der Waals surface area contributed by atoms with Gasteiger partial charge in [-0.15, -0.1) is 0 Å². The van der Waals surface area contributed by atoms with Crippen LogP contribution in [0.25, 0.3) is 0 Å². The van der Waals surface area contributed by atoms with Crippen LogP contribution in [0.3, 0.4) is 0 Å². The SMILES string of the molecule is C=C1C[C@H]2[C@@H]3CCC(=O)[C@@]3(C)CC[C@@H]2[C@]2(C)C1=CC(=O)CC2C. The third-order valence-corrected chi connectivity index (χ3v) is 8.20. The van der Waals surface area contributed by atoms with Crippen molar-refractivity contribution < 1.29 is 9.59 Å². The number of hydrogen-bond acceptors (Lipinski definition) is 2. The molecule has 6 atom stereocenters. The van der Waals surface area contributed by atoms with Gasteiger partial charge in [-0.2, -0.15) is 0 Å². The fraction of sp³-hybridized carbons (Fsp3) is 0.714. The highest BCUT2D eigenvalue weighted by Gasteiger charge is 2.60. The van der Waals surface area contributed by atoms with Crippen molar-refractivity contribution in [3.8, 4) is 0 Å². The first-order valence-corrected chi connectivity index (χ1v) is 9.25. The number of allylic oxidation sites excluding steroid dienone is 2. The Kier molecular flexibility index (Phi) is 3.12. The number of fused-ring (bicyclic) bond motifs is 5. The Morgan fingerprint density at radius 3 is 2.61 bits per heavy atom. The lowest BCUT2D eigenvalue weighted by Gasteiger charge is -2.59. The van der Waals surface area contributed by atoms with Crippen molar-refractivity contribution in [1.82, 2.24) is 0 Å². The van der Waals surface area contributed by atoms with E-state index in [0.717, 1.165) is 37.7 Å². The van der Waals surface area contributed by atoms with E-state index < -0.39 is 0 Å². The molecule has 4 aliphatic rings. The summed E-state index contributed by atoms with van der Waals surface area (Å²) in [6, 6.07) is 0. The van der Waals surface area contributed by atoms with Gasteiger partial charge in [0.25, 0.3) is 0 Å². The molecule has 0 saturated heterocycles. The Hall–Kier alpha value is -1.18. The monoisotopic (exact) mass is 312 g/mol. The molecule has 0 amide bonds. The molecule has 0 radical (unpaired) electrons. The molecule has 0 N–H and O–H groups in total. The van der Waals surface area contributed by atoms with E-state index >= 15 is 0 Å². The van der Waals surface area contributed by atoms with Gasteiger partial charge in [-0.3, -0.25) is 9.59 Å². The predicted molar refractivity (Wildman–Crippen MR) is 90.8 cm³/mol. The van der Waals surface area contributed by atoms with Crippen LogP contribution >= 0.6 is 0 Å². The molecule has 2 nitrogen and oxygen atoms in total. The zero-order valence-electron chi connectivity index (χ0n) is 14.7. The summed E-state index contributed by atoms with van der Waals surface area (Å²) in [7, 11) is 0. The molecule has 4 rings (SSSR count). The minimum atomic E-state index is -0.0905. The van der Waals surface area contributed by atoms with E-state index in [9.17, 15) is 9.59 Å². The van der Waals surface area contributed by atoms with Gasteiger partial charge >= 0.3 is 0 Å². The topological polar surface area (TPSA) is 34.1 Å². The molecular formula is C21H28O2. The lowest BCUT2D eigenvalue weighted by atomic mass is 9.45. The van der Waals surface area contributed by atoms with Crippen LogP contribution in [0.4, 0.5) is 0 Å². The second-order valence-electron chi connectivity index (χ2n) is 9.01. The Morgan fingerprint density at radius 1 is 1.13 bits per heavy atom. The molecule has 0 spiro atoms. The summed E-state index contributed by atoms with van der Waals surface area (Å²) in [5.74, 6) is 2.83. The Bertz CT molecular complexity index is 642. The van der Waals surface area contributed by atoms with Gasteiger partial charge < -0.3 is 0 Å². The average molecular weight is 312 g/mol. The quantitative estimate of drug-likeness (QED) is 0.660. The summed E-state index contributed by atoms with van der Waals surface area (Å²) in [4.78, 5) is 24.6. The lowest BCUT2D eigenvalue weighted by Crippen LogP contribution is -2.53. The van der Waals surface area contributed by atoms with E-state index in [1.807, 2.05) is 6.08 Å². The summed E-state index contributed by atoms with van der Waals surface area (Å²) >= 11 is 0. The van der Waals surface area contributed by atoms with Gasteiger partial charge in [-0.05, 0) is 66.4 Å². The summed E-state index contributed by atoms with van der Waals surface area (Å²) < 4.78 is 0. The zero-order chi connectivity index (χ0) is 16.6. The van der Waals surface area contributed by atoms with E-state index in [1.54, 1.807) is 0 Å². The first-order chi connectivity index (χ1) is 10.8. The molecule has 2 heteroatoms. The summed E-state index contributed by atoms with van der Waals surface area (Å²) in [6.07, 6.45) is 7.54. The Morgan fingerprint density at radius 2 is 1.87 bits per heavy atom. The molecular weight excluding hydrogens is 284 g/mol. The van der Waals surface area contributed by atoms with Gasteiger partial charge in [-0.25, -0.2) is 0 Å². The second kappa shape index (κ2) is 4.68. The second-order valence-corrected chi connectivity index (χ2v) is 9.01. The lowest BCUT2D eigenvalue weighted by molar-refractivity contribution is -0.132. The van der Waals surface area contributed by atoms with Crippen molar-refractivity contribution in [2.24, 2.45) is 34.5 Å². The zero-order valence-corrected chi connectivity index (χ0v) is 14.7. The van der Waals surface area contributed by atoms with Crippen molar-refractivity contribution in [2.75, 3.05) is 0 Å². The maximum atomic E-state index is 12.5. The van der Waals surface area contributed by atoms with E-state index in [2.05, 4.69) is 27.4 Å². The number of ketones is 2. The molecule has 124 valence electrons. The Labute approximate surface area is 139 Å². The summed E-state index contributed by atoms with van der Waals surface area (Å²) in [5.41, 5.74) is 2.38. The number of hydrogen-bond donors (Lipinski definition) is 0. The van der Waals surface area contributed by atoms with Crippen LogP contribution in [0.5, 0.6) is 0 Å². The van der Waals surface area contributed by atoms with Gasteiger partial charge in [0.2, 0.25) is 0 Å². The molecule has 0 aromatic heterocycles. The van der Waals surface area contributed by atoms with E-state index in [1.165, 1.54) is 5.57 Å². The summed E-state index contributed by atoms with van der Waals surface area (Å²) in [5, 5.41) is 0. The standard InChI is InChI=1S/C21H28O2/c1-12-9-15-16-5-6-19(23)20(16,3)8-7-17(15)21(4)13(2)10-14(22)11-18(12)21/h11,13,15-17H,1,5-10H2,2-4H3/t13?,15-,16-,17-,20-,21+/m0/s1. The van der Waals surface area contributed by atoms with E-state index in [-0.39, 0.29) is 16.6 Å². The third-order valence-electron chi connectivity index (χ3n) is 8.20. The van der Waals surface area contributed by atoms with Crippen LogP contribution in [0.2, 0.25) is 0 Å². The molecule has 23 heavy (non-hydrogen) atoms. The maximum Gasteiger partial charge on any atom is 0.156 e. The smallest absolute Gasteiger partial charge is 0.156 e. The van der Waals surface area contributed by atoms with Crippen molar-refractivity contribution in [3.63, 3.8) is 0 Å². The number of carbonyl (C=O) groups is 2. The minimum absolute atomic E-state index is 0.0703. The molecule has 0 heterocycles. The summed E-state index contributed by atoms with van der Waals surface area (Å²) in [6.45, 7) is 11.2. The van der Waals surface area contributed by atoms with E-state index in [4.69, 9.17) is 0 Å². The predicted octanol–water partition coefficient (Wildman–Crippen LogP) is 4.50. The largest absolute Gasteiger partial charge is 0.299 e. The number of rotatable bonds is 0. The Balaban J connectivity index is 1.79. The van der Waals surface area contributed by atoms with Crippen molar-refractivity contribution in [2.45, 2.75) is 59.3 Å². The first kappa shape index (κ1) is 15.4. The molecule has 0 bridgehead atoms. The first-order valence-electron chi connectivity index (χ1n) is 9.25. The maximum absolute atomic E-state index is 12.5. The van der Waals surface area contributed by atoms with E-state index in [0.29, 0.717) is 35.9 Å². The highest BCUT2D eigenvalue weighted by atomic mass is 16.1. The van der Waals surface area contributed by atoms with Crippen molar-refractivity contribution >= 4 is 11.6 Å². The van der Waals surface area contributed by atoms with Gasteiger partial charge in [0.1, 0.15) is 5.78 Å². The van der Waals surface area contributed by atoms with Crippen LogP contribution in [0, 0.1) is 34.5 Å². The molecule has 1 unspecified atom stereocenters. The van der Waals surface area contributed by atoms with Crippen LogP contribution in [0.1, 0.15) is 59.3 Å². The fourth-order valence-electron chi connectivity index (χ4n) is 6.69. The van der Waals surface area contributed by atoms with Crippen LogP contribution in [-0.4, -0.2) is 11.6 Å². The molecule has 0 aromatic rings. The molecule has 0 aromatic carbocycles. The van der Waals surface area contributed by atoms with Crippen LogP contribution in [0.15, 0.2) is 23.8 Å². The normalized spacial score (nSPS) is 49.3. The minimum Gasteiger partial charge on any atom is -0.299 e. The highest BCUT2D eigenvalue weighted by Crippen LogP contribution is 2.66. The van der Waals surface area contributed by atoms with Crippen LogP contribution < -0.4 is 0 Å². The molecule has 3 fully saturated rings. The number of Topliss-reactive ketones (excluding diaryl/α,β-unsaturated/α-hetero) is 1. The average Bonchev–Trinajstić information content (AvgIpc) is 2.78. The number of carbonyl (C=O) groups excluding carboxylic acids is 2. The van der Waals surface area contributed by atoms with Crippen LogP contribution in [-0.2, 0) is 9.59 Å². The molecule has 3 saturated carbocycles.